The Morgan fingerprint density at radius 1 is 1.24 bits per heavy atom. The van der Waals surface area contributed by atoms with Crippen molar-refractivity contribution in [1.29, 1.82) is 0 Å². The third-order valence-corrected chi connectivity index (χ3v) is 5.89. The van der Waals surface area contributed by atoms with E-state index >= 15 is 0 Å². The SMILES string of the molecule is CCCN(CC1CC1)C(=O)c1cn(CCOC)cc(C(=O)NCCc2cccc(Cl)c2)c1=O. The van der Waals surface area contributed by atoms with Crippen molar-refractivity contribution in [1.82, 2.24) is 14.8 Å². The number of rotatable bonds is 12. The van der Waals surface area contributed by atoms with Gasteiger partial charge in [-0.2, -0.15) is 0 Å². The van der Waals surface area contributed by atoms with Gasteiger partial charge < -0.3 is 19.5 Å². The molecule has 2 amide bonds. The van der Waals surface area contributed by atoms with Crippen LogP contribution in [0.1, 0.15) is 52.5 Å². The molecule has 0 atom stereocenters. The first kappa shape index (κ1) is 25.0. The lowest BCUT2D eigenvalue weighted by Crippen LogP contribution is -2.39. The first-order chi connectivity index (χ1) is 15.9. The Morgan fingerprint density at radius 2 is 2.00 bits per heavy atom. The molecule has 1 aromatic heterocycles. The maximum Gasteiger partial charge on any atom is 0.259 e. The van der Waals surface area contributed by atoms with Crippen molar-refractivity contribution in [3.05, 3.63) is 68.6 Å². The monoisotopic (exact) mass is 473 g/mol. The van der Waals surface area contributed by atoms with E-state index in [1.54, 1.807) is 28.8 Å². The Balaban J connectivity index is 1.80. The predicted octanol–water partition coefficient (Wildman–Crippen LogP) is 3.38. The number of amides is 2. The van der Waals surface area contributed by atoms with E-state index in [1.807, 2.05) is 25.1 Å². The average molecular weight is 474 g/mol. The zero-order chi connectivity index (χ0) is 23.8. The molecule has 0 aliphatic heterocycles. The minimum Gasteiger partial charge on any atom is -0.383 e. The van der Waals surface area contributed by atoms with Gasteiger partial charge in [-0.15, -0.1) is 0 Å². The van der Waals surface area contributed by atoms with Crippen LogP contribution in [0.5, 0.6) is 0 Å². The third-order valence-electron chi connectivity index (χ3n) is 5.65. The number of hydrogen-bond acceptors (Lipinski definition) is 4. The van der Waals surface area contributed by atoms with Crippen LogP contribution in [0.2, 0.25) is 5.02 Å². The highest BCUT2D eigenvalue weighted by Crippen LogP contribution is 2.30. The zero-order valence-corrected chi connectivity index (χ0v) is 20.1. The van der Waals surface area contributed by atoms with Crippen molar-refractivity contribution in [2.45, 2.75) is 39.2 Å². The average Bonchev–Trinajstić information content (AvgIpc) is 3.61. The summed E-state index contributed by atoms with van der Waals surface area (Å²) in [5, 5.41) is 3.44. The van der Waals surface area contributed by atoms with Gasteiger partial charge in [0.2, 0.25) is 5.43 Å². The van der Waals surface area contributed by atoms with Crippen LogP contribution >= 0.6 is 11.6 Å². The minimum absolute atomic E-state index is 0.0303. The number of nitrogens with one attached hydrogen (secondary N) is 1. The van der Waals surface area contributed by atoms with Crippen molar-refractivity contribution in [3.63, 3.8) is 0 Å². The molecule has 0 radical (unpaired) electrons. The van der Waals surface area contributed by atoms with Crippen LogP contribution in [-0.4, -0.2) is 54.6 Å². The predicted molar refractivity (Wildman–Crippen MR) is 129 cm³/mol. The summed E-state index contributed by atoms with van der Waals surface area (Å²) >= 11 is 6.01. The number of methoxy groups -OCH3 is 1. The van der Waals surface area contributed by atoms with Crippen molar-refractivity contribution < 1.29 is 14.3 Å². The molecule has 0 bridgehead atoms. The van der Waals surface area contributed by atoms with E-state index in [-0.39, 0.29) is 17.0 Å². The molecule has 1 saturated carbocycles. The van der Waals surface area contributed by atoms with Crippen LogP contribution in [0.15, 0.2) is 41.5 Å². The zero-order valence-electron chi connectivity index (χ0n) is 19.3. The van der Waals surface area contributed by atoms with E-state index in [1.165, 1.54) is 6.20 Å². The first-order valence-corrected chi connectivity index (χ1v) is 11.9. The van der Waals surface area contributed by atoms with Gasteiger partial charge in [0.1, 0.15) is 11.1 Å². The number of nitrogens with zero attached hydrogens (tertiary/aromatic N) is 2. The number of pyridine rings is 1. The molecule has 3 rings (SSSR count). The highest BCUT2D eigenvalue weighted by molar-refractivity contribution is 6.30. The fourth-order valence-electron chi connectivity index (χ4n) is 3.71. The largest absolute Gasteiger partial charge is 0.383 e. The number of benzene rings is 1. The summed E-state index contributed by atoms with van der Waals surface area (Å²) in [5.41, 5.74) is 0.443. The van der Waals surface area contributed by atoms with Gasteiger partial charge in [-0.25, -0.2) is 0 Å². The van der Waals surface area contributed by atoms with E-state index in [0.29, 0.717) is 50.1 Å². The molecule has 178 valence electrons. The molecule has 33 heavy (non-hydrogen) atoms. The Kier molecular flexibility index (Phi) is 9.09. The molecule has 8 heteroatoms. The fraction of sp³-hybridized carbons (Fsp3) is 0.480. The van der Waals surface area contributed by atoms with Gasteiger partial charge in [-0.05, 0) is 49.3 Å². The molecular formula is C25H32ClN3O4. The van der Waals surface area contributed by atoms with E-state index in [2.05, 4.69) is 5.32 Å². The van der Waals surface area contributed by atoms with Crippen molar-refractivity contribution in [2.75, 3.05) is 33.4 Å². The Hall–Kier alpha value is -2.64. The molecule has 1 aromatic carbocycles. The molecular weight excluding hydrogens is 442 g/mol. The fourth-order valence-corrected chi connectivity index (χ4v) is 3.92. The van der Waals surface area contributed by atoms with Crippen molar-refractivity contribution in [2.24, 2.45) is 5.92 Å². The van der Waals surface area contributed by atoms with Crippen molar-refractivity contribution in [3.8, 4) is 0 Å². The van der Waals surface area contributed by atoms with Gasteiger partial charge in [0.15, 0.2) is 0 Å². The van der Waals surface area contributed by atoms with Gasteiger partial charge in [-0.1, -0.05) is 30.7 Å². The van der Waals surface area contributed by atoms with Gasteiger partial charge in [0.25, 0.3) is 11.8 Å². The smallest absolute Gasteiger partial charge is 0.259 e. The van der Waals surface area contributed by atoms with Gasteiger partial charge >= 0.3 is 0 Å². The number of ether oxygens (including phenoxy) is 1. The Labute approximate surface area is 199 Å². The second-order valence-electron chi connectivity index (χ2n) is 8.48. The van der Waals surface area contributed by atoms with Crippen LogP contribution < -0.4 is 10.7 Å². The molecule has 7 nitrogen and oxygen atoms in total. The third kappa shape index (κ3) is 7.17. The highest BCUT2D eigenvalue weighted by Gasteiger charge is 2.29. The summed E-state index contributed by atoms with van der Waals surface area (Å²) in [6, 6.07) is 7.41. The normalized spacial score (nSPS) is 13.1. The van der Waals surface area contributed by atoms with Crippen LogP contribution in [0, 0.1) is 5.92 Å². The van der Waals surface area contributed by atoms with Crippen LogP contribution in [0.25, 0.3) is 0 Å². The van der Waals surface area contributed by atoms with Crippen LogP contribution in [0.3, 0.4) is 0 Å². The number of carbonyl (C=O) groups excluding carboxylic acids is 2. The van der Waals surface area contributed by atoms with Crippen LogP contribution in [-0.2, 0) is 17.7 Å². The number of halogens is 1. The molecule has 0 unspecified atom stereocenters. The first-order valence-electron chi connectivity index (χ1n) is 11.5. The lowest BCUT2D eigenvalue weighted by molar-refractivity contribution is 0.0745. The second-order valence-corrected chi connectivity index (χ2v) is 8.91. The standard InChI is InChI=1S/C25H32ClN3O4/c1-3-11-29(15-19-7-8-19)25(32)22-17-28(12-13-33-2)16-21(23(22)30)24(31)27-10-9-18-5-4-6-20(26)14-18/h4-6,14,16-17,19H,3,7-13,15H2,1-2H3,(H,27,31). The number of hydrogen-bond donors (Lipinski definition) is 1. The Morgan fingerprint density at radius 3 is 2.67 bits per heavy atom. The highest BCUT2D eigenvalue weighted by atomic mass is 35.5. The molecule has 0 spiro atoms. The van der Waals surface area contributed by atoms with Gasteiger partial charge in [0.05, 0.1) is 6.61 Å². The number of carbonyl (C=O) groups is 2. The summed E-state index contributed by atoms with van der Waals surface area (Å²) in [5.74, 6) is -0.297. The lowest BCUT2D eigenvalue weighted by Gasteiger charge is -2.22. The summed E-state index contributed by atoms with van der Waals surface area (Å²) < 4.78 is 6.83. The molecule has 0 saturated heterocycles. The minimum atomic E-state index is -0.536. The van der Waals surface area contributed by atoms with E-state index in [4.69, 9.17) is 16.3 Å². The van der Waals surface area contributed by atoms with Gasteiger partial charge in [0, 0.05) is 50.7 Å². The maximum atomic E-state index is 13.3. The van der Waals surface area contributed by atoms with Gasteiger partial charge in [-0.3, -0.25) is 14.4 Å². The van der Waals surface area contributed by atoms with E-state index in [0.717, 1.165) is 24.8 Å². The molecule has 2 aromatic rings. The molecule has 1 heterocycles. The van der Waals surface area contributed by atoms with Crippen molar-refractivity contribution >= 4 is 23.4 Å². The summed E-state index contributed by atoms with van der Waals surface area (Å²) in [4.78, 5) is 41.1. The summed E-state index contributed by atoms with van der Waals surface area (Å²) in [6.07, 6.45) is 6.65. The maximum absolute atomic E-state index is 13.3. The molecule has 1 aliphatic carbocycles. The van der Waals surface area contributed by atoms with E-state index in [9.17, 15) is 14.4 Å². The quantitative estimate of drug-likeness (QED) is 0.512. The second kappa shape index (κ2) is 12.0. The summed E-state index contributed by atoms with van der Waals surface area (Å²) in [6.45, 7) is 4.42. The molecule has 1 N–H and O–H groups in total. The summed E-state index contributed by atoms with van der Waals surface area (Å²) in [7, 11) is 1.58. The lowest BCUT2D eigenvalue weighted by atomic mass is 10.1. The topological polar surface area (TPSA) is 80.6 Å². The molecule has 1 fully saturated rings. The van der Waals surface area contributed by atoms with E-state index < -0.39 is 11.3 Å². The molecule has 1 aliphatic rings. The van der Waals surface area contributed by atoms with Crippen LogP contribution in [0.4, 0.5) is 0 Å². The Bertz CT molecular complexity index is 1030. The number of aromatic nitrogens is 1.